The number of aliphatic carboxylic acids is 1. The minimum atomic E-state index is -0.780. The second kappa shape index (κ2) is 11.2. The van der Waals surface area contributed by atoms with Gasteiger partial charge in [-0.3, -0.25) is 4.79 Å². The van der Waals surface area contributed by atoms with Gasteiger partial charge in [0.05, 0.1) is 10.7 Å². The van der Waals surface area contributed by atoms with Gasteiger partial charge in [-0.25, -0.2) is 9.59 Å². The lowest BCUT2D eigenvalue weighted by Gasteiger charge is -2.33. The van der Waals surface area contributed by atoms with Gasteiger partial charge in [-0.05, 0) is 73.4 Å². The molecule has 0 bridgehead atoms. The molecule has 2 aliphatic rings. The van der Waals surface area contributed by atoms with Crippen molar-refractivity contribution in [2.24, 2.45) is 5.92 Å². The predicted molar refractivity (Wildman–Crippen MR) is 134 cm³/mol. The molecule has 2 aromatic carbocycles. The Hall–Kier alpha value is -2.97. The Bertz CT molecular complexity index is 1120. The molecule has 0 radical (unpaired) electrons. The number of rotatable bonds is 5. The number of urea groups is 1. The summed E-state index contributed by atoms with van der Waals surface area (Å²) in [6.07, 6.45) is 3.11. The molecule has 1 saturated carbocycles. The molecule has 1 fully saturated rings. The number of nitrogens with zero attached hydrogens (tertiary/aromatic N) is 1. The fourth-order valence-electron chi connectivity index (χ4n) is 4.67. The normalized spacial score (nSPS) is 19.4. The summed E-state index contributed by atoms with van der Waals surface area (Å²) in [6, 6.07) is 10.00. The number of amides is 3. The lowest BCUT2D eigenvalue weighted by molar-refractivity contribution is -0.138. The number of halogens is 2. The Morgan fingerprint density at radius 2 is 1.77 bits per heavy atom. The van der Waals surface area contributed by atoms with Crippen molar-refractivity contribution >= 4 is 52.7 Å². The summed E-state index contributed by atoms with van der Waals surface area (Å²) < 4.78 is 5.72. The Morgan fingerprint density at radius 3 is 2.49 bits per heavy atom. The van der Waals surface area contributed by atoms with Gasteiger partial charge in [-0.1, -0.05) is 35.3 Å². The van der Waals surface area contributed by atoms with Crippen LogP contribution in [0.25, 0.3) is 0 Å². The van der Waals surface area contributed by atoms with Crippen LogP contribution >= 0.6 is 23.2 Å². The van der Waals surface area contributed by atoms with Crippen LogP contribution in [0.4, 0.5) is 21.0 Å². The molecule has 0 aromatic heterocycles. The monoisotopic (exact) mass is 519 g/mol. The molecule has 3 amide bonds. The molecule has 0 spiro atoms. The van der Waals surface area contributed by atoms with Gasteiger partial charge in [0.1, 0.15) is 6.10 Å². The van der Waals surface area contributed by atoms with Crippen LogP contribution in [-0.4, -0.2) is 40.7 Å². The van der Waals surface area contributed by atoms with Crippen LogP contribution < -0.4 is 10.6 Å². The minimum Gasteiger partial charge on any atom is -0.481 e. The summed E-state index contributed by atoms with van der Waals surface area (Å²) in [5, 5.41) is 15.4. The third kappa shape index (κ3) is 6.58. The van der Waals surface area contributed by atoms with Gasteiger partial charge < -0.3 is 25.4 Å². The van der Waals surface area contributed by atoms with Crippen molar-refractivity contribution in [1.29, 1.82) is 0 Å². The van der Waals surface area contributed by atoms with Crippen LogP contribution in [-0.2, 0) is 22.5 Å². The van der Waals surface area contributed by atoms with Crippen molar-refractivity contribution in [2.75, 3.05) is 17.2 Å². The topological polar surface area (TPSA) is 108 Å². The smallest absolute Gasteiger partial charge is 0.410 e. The zero-order valence-electron chi connectivity index (χ0n) is 19.1. The van der Waals surface area contributed by atoms with Gasteiger partial charge in [0, 0.05) is 30.2 Å². The fraction of sp³-hybridized carbons (Fsp3) is 0.400. The predicted octanol–water partition coefficient (Wildman–Crippen LogP) is 6.17. The van der Waals surface area contributed by atoms with Gasteiger partial charge in [0.2, 0.25) is 0 Å². The first-order valence-electron chi connectivity index (χ1n) is 11.6. The van der Waals surface area contributed by atoms with Crippen LogP contribution in [0.15, 0.2) is 36.4 Å². The molecule has 1 aliphatic heterocycles. The van der Waals surface area contributed by atoms with Gasteiger partial charge in [0.25, 0.3) is 0 Å². The van der Waals surface area contributed by atoms with Gasteiger partial charge >= 0.3 is 18.1 Å². The summed E-state index contributed by atoms with van der Waals surface area (Å²) in [5.74, 6) is -0.624. The third-order valence-electron chi connectivity index (χ3n) is 6.48. The number of carbonyl (C=O) groups excluding carboxylic acids is 2. The molecule has 0 atom stereocenters. The first-order valence-corrected chi connectivity index (χ1v) is 12.3. The highest BCUT2D eigenvalue weighted by molar-refractivity contribution is 6.36. The maximum absolute atomic E-state index is 12.8. The van der Waals surface area contributed by atoms with E-state index in [1.807, 2.05) is 18.2 Å². The zero-order chi connectivity index (χ0) is 24.9. The SMILES string of the molecule is O=C(O)CC1CCC(OC(=O)N2CCc3c(cccc3NC(=O)Nc3ccc(Cl)cc3Cl)C2)CC1. The molecule has 4 rings (SSSR count). The molecule has 0 saturated heterocycles. The van der Waals surface area contributed by atoms with E-state index in [2.05, 4.69) is 10.6 Å². The van der Waals surface area contributed by atoms with Crippen molar-refractivity contribution < 1.29 is 24.2 Å². The molecular formula is C25H27Cl2N3O5. The van der Waals surface area contributed by atoms with Crippen molar-refractivity contribution in [3.63, 3.8) is 0 Å². The molecule has 35 heavy (non-hydrogen) atoms. The van der Waals surface area contributed by atoms with Gasteiger partial charge in [0.15, 0.2) is 0 Å². The van der Waals surface area contributed by atoms with Crippen molar-refractivity contribution in [3.05, 3.63) is 57.6 Å². The highest BCUT2D eigenvalue weighted by Crippen LogP contribution is 2.31. The minimum absolute atomic E-state index is 0.156. The van der Waals surface area contributed by atoms with E-state index >= 15 is 0 Å². The summed E-state index contributed by atoms with van der Waals surface area (Å²) in [5.41, 5.74) is 3.04. The maximum Gasteiger partial charge on any atom is 0.410 e. The molecule has 8 nitrogen and oxygen atoms in total. The lowest BCUT2D eigenvalue weighted by atomic mass is 9.85. The molecule has 1 heterocycles. The Kier molecular flexibility index (Phi) is 8.03. The average Bonchev–Trinajstić information content (AvgIpc) is 2.81. The van der Waals surface area contributed by atoms with Gasteiger partial charge in [-0.2, -0.15) is 0 Å². The van der Waals surface area contributed by atoms with Crippen LogP contribution in [0.5, 0.6) is 0 Å². The number of hydrogen-bond acceptors (Lipinski definition) is 4. The highest BCUT2D eigenvalue weighted by atomic mass is 35.5. The second-order valence-corrected chi connectivity index (χ2v) is 9.79. The first kappa shape index (κ1) is 25.1. The van der Waals surface area contributed by atoms with E-state index in [0.29, 0.717) is 53.8 Å². The number of nitrogens with one attached hydrogen (secondary N) is 2. The summed E-state index contributed by atoms with van der Waals surface area (Å²) in [6.45, 7) is 0.867. The standard InChI is InChI=1S/C25H27Cl2N3O5/c26-17-6-9-22(20(27)13-17)29-24(33)28-21-3-1-2-16-14-30(11-10-19(16)21)25(34)35-18-7-4-15(5-8-18)12-23(31)32/h1-3,6,9,13,15,18H,4-5,7-8,10-12,14H2,(H,31,32)(H2,28,29,33). The van der Waals surface area contributed by atoms with Crippen molar-refractivity contribution in [1.82, 2.24) is 4.90 Å². The lowest BCUT2D eigenvalue weighted by Crippen LogP contribution is -2.39. The number of carboxylic acids is 1. The number of benzene rings is 2. The van der Waals surface area contributed by atoms with Crippen molar-refractivity contribution in [3.8, 4) is 0 Å². The number of hydrogen-bond donors (Lipinski definition) is 3. The summed E-state index contributed by atoms with van der Waals surface area (Å²) in [7, 11) is 0. The van der Waals surface area contributed by atoms with E-state index in [1.54, 1.807) is 23.1 Å². The number of anilines is 2. The Balaban J connectivity index is 1.32. The quantitative estimate of drug-likeness (QED) is 0.437. The number of carbonyl (C=O) groups is 3. The molecule has 0 unspecified atom stereocenters. The molecule has 10 heteroatoms. The van der Waals surface area contributed by atoms with Crippen molar-refractivity contribution in [2.45, 2.75) is 51.2 Å². The first-order chi connectivity index (χ1) is 16.8. The molecule has 186 valence electrons. The van der Waals surface area contributed by atoms with Crippen LogP contribution in [0.3, 0.4) is 0 Å². The summed E-state index contributed by atoms with van der Waals surface area (Å²) in [4.78, 5) is 37.9. The van der Waals surface area contributed by atoms with E-state index in [9.17, 15) is 14.4 Å². The average molecular weight is 520 g/mol. The number of fused-ring (bicyclic) bond motifs is 1. The summed E-state index contributed by atoms with van der Waals surface area (Å²) >= 11 is 12.0. The molecule has 2 aromatic rings. The van der Waals surface area contributed by atoms with E-state index in [-0.39, 0.29) is 24.5 Å². The Labute approximate surface area is 213 Å². The van der Waals surface area contributed by atoms with E-state index < -0.39 is 12.0 Å². The molecule has 1 aliphatic carbocycles. The van der Waals surface area contributed by atoms with Crippen LogP contribution in [0.2, 0.25) is 10.0 Å². The molecular weight excluding hydrogens is 493 g/mol. The van der Waals surface area contributed by atoms with Gasteiger partial charge in [-0.15, -0.1) is 0 Å². The van der Waals surface area contributed by atoms with E-state index in [0.717, 1.165) is 24.0 Å². The second-order valence-electron chi connectivity index (χ2n) is 8.94. The van der Waals surface area contributed by atoms with E-state index in [4.69, 9.17) is 33.0 Å². The van der Waals surface area contributed by atoms with Crippen LogP contribution in [0, 0.1) is 5.92 Å². The highest BCUT2D eigenvalue weighted by Gasteiger charge is 2.29. The van der Waals surface area contributed by atoms with Crippen LogP contribution in [0.1, 0.15) is 43.2 Å². The zero-order valence-corrected chi connectivity index (χ0v) is 20.6. The maximum atomic E-state index is 12.8. The third-order valence-corrected chi connectivity index (χ3v) is 7.02. The van der Waals surface area contributed by atoms with E-state index in [1.165, 1.54) is 0 Å². The fourth-order valence-corrected chi connectivity index (χ4v) is 5.12. The largest absolute Gasteiger partial charge is 0.481 e. The number of ether oxygens (including phenoxy) is 1. The molecule has 3 N–H and O–H groups in total. The Morgan fingerprint density at radius 1 is 1.03 bits per heavy atom. The number of carboxylic acid groups (broad SMARTS) is 1.